The van der Waals surface area contributed by atoms with Crippen molar-refractivity contribution in [2.45, 2.75) is 39.3 Å². The van der Waals surface area contributed by atoms with E-state index in [1.807, 2.05) is 6.20 Å². The first-order valence-electron chi connectivity index (χ1n) is 9.17. The van der Waals surface area contributed by atoms with Crippen LogP contribution in [0.1, 0.15) is 30.2 Å². The van der Waals surface area contributed by atoms with Gasteiger partial charge in [-0.05, 0) is 47.8 Å². The summed E-state index contributed by atoms with van der Waals surface area (Å²) >= 11 is 5.40. The fourth-order valence-corrected chi connectivity index (χ4v) is 4.37. The molecule has 2 heterocycles. The number of aliphatic imine (C=N–C) groups is 1. The number of nitrogens with one attached hydrogen (secondary N) is 2. The molecule has 1 atom stereocenters. The van der Waals surface area contributed by atoms with E-state index in [2.05, 4.69) is 74.6 Å². The average Bonchev–Trinajstić information content (AvgIpc) is 3.29. The van der Waals surface area contributed by atoms with E-state index in [4.69, 9.17) is 4.99 Å². The van der Waals surface area contributed by atoms with Crippen LogP contribution in [0.3, 0.4) is 0 Å². The molecule has 0 amide bonds. The molecule has 0 saturated carbocycles. The first kappa shape index (κ1) is 22.4. The minimum atomic E-state index is 0. The second-order valence-corrected chi connectivity index (χ2v) is 8.35. The minimum Gasteiger partial charge on any atom is -0.368 e. The number of halogens is 2. The number of thiazole rings is 1. The van der Waals surface area contributed by atoms with Gasteiger partial charge in [-0.25, -0.2) is 9.98 Å². The SMILES string of the molecule is CCNC(=NCc1ncc(CC)s1)NC1CCN(c2ccccc2Br)C1.I. The number of para-hydroxylation sites is 1. The third kappa shape index (κ3) is 6.32. The third-order valence-electron chi connectivity index (χ3n) is 4.39. The molecule has 0 aliphatic carbocycles. The highest BCUT2D eigenvalue weighted by Gasteiger charge is 2.24. The van der Waals surface area contributed by atoms with Gasteiger partial charge in [0.05, 0.1) is 12.2 Å². The molecule has 8 heteroatoms. The molecule has 0 spiro atoms. The zero-order chi connectivity index (χ0) is 18.4. The quantitative estimate of drug-likeness (QED) is 0.310. The van der Waals surface area contributed by atoms with E-state index in [0.29, 0.717) is 12.6 Å². The Morgan fingerprint density at radius 1 is 1.37 bits per heavy atom. The number of anilines is 1. The zero-order valence-electron chi connectivity index (χ0n) is 15.7. The van der Waals surface area contributed by atoms with E-state index in [1.165, 1.54) is 10.6 Å². The normalized spacial score (nSPS) is 16.9. The van der Waals surface area contributed by atoms with Gasteiger partial charge >= 0.3 is 0 Å². The topological polar surface area (TPSA) is 52.6 Å². The maximum Gasteiger partial charge on any atom is 0.191 e. The molecule has 1 aromatic heterocycles. The van der Waals surface area contributed by atoms with E-state index in [1.54, 1.807) is 11.3 Å². The summed E-state index contributed by atoms with van der Waals surface area (Å²) in [4.78, 5) is 12.9. The molecule has 3 rings (SSSR count). The van der Waals surface area contributed by atoms with Crippen molar-refractivity contribution in [1.82, 2.24) is 15.6 Å². The van der Waals surface area contributed by atoms with Gasteiger partial charge in [0.2, 0.25) is 0 Å². The van der Waals surface area contributed by atoms with Crippen molar-refractivity contribution in [2.24, 2.45) is 4.99 Å². The molecular weight excluding hydrogens is 537 g/mol. The van der Waals surface area contributed by atoms with Gasteiger partial charge in [0.1, 0.15) is 5.01 Å². The lowest BCUT2D eigenvalue weighted by Gasteiger charge is -2.21. The Kier molecular flexibility index (Phi) is 9.31. The molecule has 1 fully saturated rings. The van der Waals surface area contributed by atoms with Gasteiger partial charge in [-0.2, -0.15) is 0 Å². The summed E-state index contributed by atoms with van der Waals surface area (Å²) in [6.07, 6.45) is 4.10. The highest BCUT2D eigenvalue weighted by Crippen LogP contribution is 2.28. The van der Waals surface area contributed by atoms with Crippen LogP contribution in [0.2, 0.25) is 0 Å². The van der Waals surface area contributed by atoms with Crippen LogP contribution >= 0.6 is 51.2 Å². The maximum atomic E-state index is 4.72. The number of nitrogens with zero attached hydrogens (tertiary/aromatic N) is 3. The highest BCUT2D eigenvalue weighted by atomic mass is 127. The zero-order valence-corrected chi connectivity index (χ0v) is 20.5. The molecule has 1 aliphatic rings. The highest BCUT2D eigenvalue weighted by molar-refractivity contribution is 14.0. The minimum absolute atomic E-state index is 0. The first-order valence-corrected chi connectivity index (χ1v) is 10.8. The van der Waals surface area contributed by atoms with Crippen molar-refractivity contribution >= 4 is 62.9 Å². The summed E-state index contributed by atoms with van der Waals surface area (Å²) in [6.45, 7) is 7.75. The molecule has 5 nitrogen and oxygen atoms in total. The summed E-state index contributed by atoms with van der Waals surface area (Å²) in [7, 11) is 0. The number of aryl methyl sites for hydroxylation is 1. The van der Waals surface area contributed by atoms with Gasteiger partial charge in [-0.3, -0.25) is 0 Å². The molecular formula is C19H27BrIN5S. The molecule has 1 aromatic carbocycles. The number of aromatic nitrogens is 1. The monoisotopic (exact) mass is 563 g/mol. The summed E-state index contributed by atoms with van der Waals surface area (Å²) in [5.74, 6) is 0.875. The van der Waals surface area contributed by atoms with Crippen molar-refractivity contribution in [3.8, 4) is 0 Å². The lowest BCUT2D eigenvalue weighted by molar-refractivity contribution is 0.649. The average molecular weight is 564 g/mol. The van der Waals surface area contributed by atoms with Crippen molar-refractivity contribution in [1.29, 1.82) is 0 Å². The fourth-order valence-electron chi connectivity index (χ4n) is 3.05. The Labute approximate surface area is 191 Å². The Morgan fingerprint density at radius 3 is 2.89 bits per heavy atom. The van der Waals surface area contributed by atoms with Crippen LogP contribution in [-0.2, 0) is 13.0 Å². The second-order valence-electron chi connectivity index (χ2n) is 6.30. The summed E-state index contributed by atoms with van der Waals surface area (Å²) in [5.41, 5.74) is 1.26. The Hall–Kier alpha value is -0.870. The third-order valence-corrected chi connectivity index (χ3v) is 6.19. The van der Waals surface area contributed by atoms with Crippen LogP contribution in [-0.4, -0.2) is 36.6 Å². The predicted molar refractivity (Wildman–Crippen MR) is 130 cm³/mol. The van der Waals surface area contributed by atoms with Crippen LogP contribution in [0.5, 0.6) is 0 Å². The van der Waals surface area contributed by atoms with Gasteiger partial charge in [0.25, 0.3) is 0 Å². The number of guanidine groups is 1. The van der Waals surface area contributed by atoms with Crippen LogP contribution < -0.4 is 15.5 Å². The lowest BCUT2D eigenvalue weighted by Crippen LogP contribution is -2.44. The smallest absolute Gasteiger partial charge is 0.191 e. The molecule has 27 heavy (non-hydrogen) atoms. The predicted octanol–water partition coefficient (Wildman–Crippen LogP) is 4.42. The van der Waals surface area contributed by atoms with Gasteiger partial charge < -0.3 is 15.5 Å². The lowest BCUT2D eigenvalue weighted by atomic mass is 10.3. The summed E-state index contributed by atoms with van der Waals surface area (Å²) in [6, 6.07) is 8.80. The van der Waals surface area contributed by atoms with Gasteiger partial charge in [-0.15, -0.1) is 35.3 Å². The van der Waals surface area contributed by atoms with Crippen LogP contribution in [0.15, 0.2) is 39.9 Å². The van der Waals surface area contributed by atoms with E-state index in [9.17, 15) is 0 Å². The van der Waals surface area contributed by atoms with Crippen LogP contribution in [0.25, 0.3) is 0 Å². The fraction of sp³-hybridized carbons (Fsp3) is 0.474. The first-order chi connectivity index (χ1) is 12.7. The summed E-state index contributed by atoms with van der Waals surface area (Å²) in [5, 5.41) is 8.01. The van der Waals surface area contributed by atoms with Gasteiger partial charge in [-0.1, -0.05) is 19.1 Å². The molecule has 148 valence electrons. The van der Waals surface area contributed by atoms with E-state index < -0.39 is 0 Å². The van der Waals surface area contributed by atoms with E-state index in [0.717, 1.165) is 47.9 Å². The molecule has 1 aliphatic heterocycles. The molecule has 1 saturated heterocycles. The number of benzene rings is 1. The number of hydrogen-bond donors (Lipinski definition) is 2. The molecule has 2 N–H and O–H groups in total. The van der Waals surface area contributed by atoms with Crippen LogP contribution in [0, 0.1) is 0 Å². The van der Waals surface area contributed by atoms with Crippen molar-refractivity contribution in [3.63, 3.8) is 0 Å². The standard InChI is InChI=1S/C19H26BrN5S.HI/c1-3-15-11-22-18(26-15)12-23-19(21-4-2)24-14-9-10-25(13-14)17-8-6-5-7-16(17)20;/h5-8,11,14H,3-4,9-10,12-13H2,1-2H3,(H2,21,23,24);1H. The number of hydrogen-bond acceptors (Lipinski definition) is 4. The molecule has 0 radical (unpaired) electrons. The Bertz CT molecular complexity index is 751. The second kappa shape index (κ2) is 11.2. The molecule has 0 bridgehead atoms. The Morgan fingerprint density at radius 2 is 2.19 bits per heavy atom. The largest absolute Gasteiger partial charge is 0.368 e. The van der Waals surface area contributed by atoms with E-state index in [-0.39, 0.29) is 24.0 Å². The Balaban J connectivity index is 0.00000261. The summed E-state index contributed by atoms with van der Waals surface area (Å²) < 4.78 is 1.15. The van der Waals surface area contributed by atoms with Gasteiger partial charge in [0, 0.05) is 41.2 Å². The van der Waals surface area contributed by atoms with Crippen molar-refractivity contribution in [2.75, 3.05) is 24.5 Å². The van der Waals surface area contributed by atoms with Crippen molar-refractivity contribution in [3.05, 3.63) is 44.8 Å². The van der Waals surface area contributed by atoms with Crippen LogP contribution in [0.4, 0.5) is 5.69 Å². The van der Waals surface area contributed by atoms with Gasteiger partial charge in [0.15, 0.2) is 5.96 Å². The van der Waals surface area contributed by atoms with E-state index >= 15 is 0 Å². The molecule has 1 unspecified atom stereocenters. The molecule has 2 aromatic rings. The number of rotatable bonds is 6. The van der Waals surface area contributed by atoms with Crippen molar-refractivity contribution < 1.29 is 0 Å². The maximum absolute atomic E-state index is 4.72.